The van der Waals surface area contributed by atoms with E-state index in [0.717, 1.165) is 30.2 Å². The fourth-order valence-electron chi connectivity index (χ4n) is 3.70. The fourth-order valence-corrected chi connectivity index (χ4v) is 5.02. The second-order valence-electron chi connectivity index (χ2n) is 7.94. The number of carbonyl (C=O) groups is 2. The molecule has 8 heteroatoms. The Balaban J connectivity index is 1.82. The highest BCUT2D eigenvalue weighted by molar-refractivity contribution is 8.26. The average Bonchev–Trinajstić information content (AvgIpc) is 3.13. The Morgan fingerprint density at radius 1 is 1.06 bits per heavy atom. The standard InChI is InChI=1S/C27H31NO5S2/c1-4-6-7-11-16-33-21-15-14-19(17-22(21)32-5-2)18-23-25(29)28(27(34)35-23)24(26(30)31-3)20-12-9-8-10-13-20/h8-10,12-15,17-18,24H,4-7,11,16H2,1-3H3/b23-18-. The smallest absolute Gasteiger partial charge is 0.333 e. The minimum Gasteiger partial charge on any atom is -0.490 e. The SMILES string of the molecule is CCCCCCOc1ccc(/C=C2\SC(=S)N(C(C(=O)OC)c3ccccc3)C2=O)cc1OCC. The van der Waals surface area contributed by atoms with Crippen LogP contribution in [0, 0.1) is 0 Å². The van der Waals surface area contributed by atoms with E-state index in [1.807, 2.05) is 43.3 Å². The first-order chi connectivity index (χ1) is 17.0. The topological polar surface area (TPSA) is 65.1 Å². The highest BCUT2D eigenvalue weighted by Gasteiger charge is 2.41. The van der Waals surface area contributed by atoms with Crippen molar-refractivity contribution in [3.63, 3.8) is 0 Å². The van der Waals surface area contributed by atoms with E-state index in [9.17, 15) is 9.59 Å². The van der Waals surface area contributed by atoms with E-state index in [1.165, 1.54) is 24.9 Å². The molecule has 0 aliphatic carbocycles. The Labute approximate surface area is 216 Å². The molecular formula is C27H31NO5S2. The number of amides is 1. The van der Waals surface area contributed by atoms with Crippen LogP contribution in [0.2, 0.25) is 0 Å². The fraction of sp³-hybridized carbons (Fsp3) is 0.370. The summed E-state index contributed by atoms with van der Waals surface area (Å²) in [7, 11) is 1.30. The molecule has 186 valence electrons. The lowest BCUT2D eigenvalue weighted by atomic mass is 10.1. The van der Waals surface area contributed by atoms with Crippen LogP contribution >= 0.6 is 24.0 Å². The molecule has 1 fully saturated rings. The van der Waals surface area contributed by atoms with Crippen molar-refractivity contribution in [2.75, 3.05) is 20.3 Å². The molecule has 0 spiro atoms. The lowest BCUT2D eigenvalue weighted by molar-refractivity contribution is -0.148. The molecule has 6 nitrogen and oxygen atoms in total. The summed E-state index contributed by atoms with van der Waals surface area (Å²) in [6.07, 6.45) is 6.26. The summed E-state index contributed by atoms with van der Waals surface area (Å²) in [6.45, 7) is 5.22. The van der Waals surface area contributed by atoms with Gasteiger partial charge in [0.25, 0.3) is 5.91 Å². The van der Waals surface area contributed by atoms with E-state index in [2.05, 4.69) is 6.92 Å². The van der Waals surface area contributed by atoms with Gasteiger partial charge in [0, 0.05) is 0 Å². The summed E-state index contributed by atoms with van der Waals surface area (Å²) in [5.74, 6) is 0.424. The average molecular weight is 514 g/mol. The molecule has 1 unspecified atom stereocenters. The number of unbranched alkanes of at least 4 members (excludes halogenated alkanes) is 3. The van der Waals surface area contributed by atoms with Crippen LogP contribution in [-0.2, 0) is 14.3 Å². The van der Waals surface area contributed by atoms with Gasteiger partial charge in [-0.25, -0.2) is 4.79 Å². The van der Waals surface area contributed by atoms with E-state index in [1.54, 1.807) is 18.2 Å². The summed E-state index contributed by atoms with van der Waals surface area (Å²) in [5.41, 5.74) is 1.41. The van der Waals surface area contributed by atoms with Gasteiger partial charge in [0.2, 0.25) is 0 Å². The summed E-state index contributed by atoms with van der Waals surface area (Å²) in [6, 6.07) is 13.7. The maximum atomic E-state index is 13.3. The number of ether oxygens (including phenoxy) is 3. The molecule has 0 saturated carbocycles. The van der Waals surface area contributed by atoms with Crippen LogP contribution in [0.15, 0.2) is 53.4 Å². The van der Waals surface area contributed by atoms with Crippen molar-refractivity contribution in [2.45, 2.75) is 45.6 Å². The van der Waals surface area contributed by atoms with Crippen molar-refractivity contribution in [3.8, 4) is 11.5 Å². The minimum absolute atomic E-state index is 0.303. The zero-order valence-corrected chi connectivity index (χ0v) is 22.0. The van der Waals surface area contributed by atoms with Crippen LogP contribution in [0.1, 0.15) is 56.7 Å². The predicted molar refractivity (Wildman–Crippen MR) is 143 cm³/mol. The molecule has 0 bridgehead atoms. The van der Waals surface area contributed by atoms with Gasteiger partial charge in [0.05, 0.1) is 25.2 Å². The van der Waals surface area contributed by atoms with Crippen molar-refractivity contribution in [1.29, 1.82) is 0 Å². The normalized spacial score (nSPS) is 15.4. The Bertz CT molecular complexity index is 1070. The molecule has 0 aromatic heterocycles. The first-order valence-electron chi connectivity index (χ1n) is 11.8. The van der Waals surface area contributed by atoms with Gasteiger partial charge in [0.1, 0.15) is 4.32 Å². The number of rotatable bonds is 12. The van der Waals surface area contributed by atoms with E-state index in [0.29, 0.717) is 39.5 Å². The summed E-state index contributed by atoms with van der Waals surface area (Å²) in [4.78, 5) is 27.7. The number of thioether (sulfide) groups is 1. The Kier molecular flexibility index (Phi) is 10.2. The molecule has 1 heterocycles. The van der Waals surface area contributed by atoms with Gasteiger partial charge in [-0.2, -0.15) is 0 Å². The zero-order chi connectivity index (χ0) is 25.2. The number of esters is 1. The molecule has 3 rings (SSSR count). The Morgan fingerprint density at radius 2 is 1.83 bits per heavy atom. The lowest BCUT2D eigenvalue weighted by Crippen LogP contribution is -2.37. The quantitative estimate of drug-likeness (QED) is 0.146. The molecule has 1 aliphatic rings. The van der Waals surface area contributed by atoms with Crippen molar-refractivity contribution < 1.29 is 23.8 Å². The second-order valence-corrected chi connectivity index (χ2v) is 9.61. The van der Waals surface area contributed by atoms with E-state index in [4.69, 9.17) is 26.4 Å². The third-order valence-electron chi connectivity index (χ3n) is 5.44. The van der Waals surface area contributed by atoms with Gasteiger partial charge in [-0.3, -0.25) is 9.69 Å². The maximum absolute atomic E-state index is 13.3. The predicted octanol–water partition coefficient (Wildman–Crippen LogP) is 6.16. The first kappa shape index (κ1) is 26.8. The Hall–Kier alpha value is -2.84. The highest BCUT2D eigenvalue weighted by Crippen LogP contribution is 2.39. The lowest BCUT2D eigenvalue weighted by Gasteiger charge is -2.24. The van der Waals surface area contributed by atoms with Crippen LogP contribution in [0.3, 0.4) is 0 Å². The summed E-state index contributed by atoms with van der Waals surface area (Å²) >= 11 is 6.66. The summed E-state index contributed by atoms with van der Waals surface area (Å²) in [5, 5.41) is 0. The minimum atomic E-state index is -0.943. The molecule has 2 aromatic carbocycles. The summed E-state index contributed by atoms with van der Waals surface area (Å²) < 4.78 is 17.0. The van der Waals surface area contributed by atoms with Gasteiger partial charge in [0.15, 0.2) is 17.5 Å². The van der Waals surface area contributed by atoms with E-state index < -0.39 is 12.0 Å². The molecule has 0 radical (unpaired) electrons. The number of hydrogen-bond acceptors (Lipinski definition) is 7. The Morgan fingerprint density at radius 3 is 2.51 bits per heavy atom. The van der Waals surface area contributed by atoms with Crippen molar-refractivity contribution >= 4 is 46.3 Å². The molecular weight excluding hydrogens is 482 g/mol. The van der Waals surface area contributed by atoms with Gasteiger partial charge in [-0.15, -0.1) is 0 Å². The molecule has 1 saturated heterocycles. The van der Waals surface area contributed by atoms with E-state index in [-0.39, 0.29) is 5.91 Å². The number of carbonyl (C=O) groups excluding carboxylic acids is 2. The molecule has 0 N–H and O–H groups in total. The number of nitrogens with zero attached hydrogens (tertiary/aromatic N) is 1. The highest BCUT2D eigenvalue weighted by atomic mass is 32.2. The van der Waals surface area contributed by atoms with Gasteiger partial charge in [-0.1, -0.05) is 86.6 Å². The number of thiocarbonyl (C=S) groups is 1. The largest absolute Gasteiger partial charge is 0.490 e. The molecule has 2 aromatic rings. The number of benzene rings is 2. The van der Waals surface area contributed by atoms with Crippen molar-refractivity contribution in [2.24, 2.45) is 0 Å². The second kappa shape index (κ2) is 13.3. The molecule has 1 aliphatic heterocycles. The van der Waals surface area contributed by atoms with Gasteiger partial charge < -0.3 is 14.2 Å². The maximum Gasteiger partial charge on any atom is 0.333 e. The third-order valence-corrected chi connectivity index (χ3v) is 6.77. The van der Waals surface area contributed by atoms with Gasteiger partial charge in [-0.05, 0) is 42.7 Å². The van der Waals surface area contributed by atoms with Gasteiger partial charge >= 0.3 is 5.97 Å². The van der Waals surface area contributed by atoms with Crippen LogP contribution in [0.25, 0.3) is 6.08 Å². The zero-order valence-electron chi connectivity index (χ0n) is 20.3. The van der Waals surface area contributed by atoms with Crippen LogP contribution < -0.4 is 9.47 Å². The first-order valence-corrected chi connectivity index (χ1v) is 13.0. The van der Waals surface area contributed by atoms with Crippen molar-refractivity contribution in [1.82, 2.24) is 4.90 Å². The van der Waals surface area contributed by atoms with Crippen molar-refractivity contribution in [3.05, 3.63) is 64.6 Å². The van der Waals surface area contributed by atoms with Crippen LogP contribution in [0.4, 0.5) is 0 Å². The molecule has 35 heavy (non-hydrogen) atoms. The molecule has 1 amide bonds. The monoisotopic (exact) mass is 513 g/mol. The number of hydrogen-bond donors (Lipinski definition) is 0. The molecule has 1 atom stereocenters. The van der Waals surface area contributed by atoms with Crippen LogP contribution in [-0.4, -0.2) is 41.4 Å². The third kappa shape index (κ3) is 6.86. The van der Waals surface area contributed by atoms with Crippen LogP contribution in [0.5, 0.6) is 11.5 Å². The van der Waals surface area contributed by atoms with E-state index >= 15 is 0 Å². The number of methoxy groups -OCH3 is 1.